The molecule has 0 rings (SSSR count). The van der Waals surface area contributed by atoms with Crippen LogP contribution >= 0.6 is 0 Å². The van der Waals surface area contributed by atoms with Crippen molar-refractivity contribution in [1.82, 2.24) is 4.90 Å². The Labute approximate surface area is 113 Å². The van der Waals surface area contributed by atoms with Crippen LogP contribution < -0.4 is 5.73 Å². The Balaban J connectivity index is 3.51. The van der Waals surface area contributed by atoms with Crippen LogP contribution in [-0.2, 0) is 9.47 Å². The monoisotopic (exact) mass is 260 g/mol. The second-order valence-corrected chi connectivity index (χ2v) is 4.74. The first-order valence-electron chi connectivity index (χ1n) is 7.25. The normalized spacial score (nSPS) is 11.3. The molecule has 0 amide bonds. The third-order valence-electron chi connectivity index (χ3n) is 3.11. The lowest BCUT2D eigenvalue weighted by Crippen LogP contribution is -2.30. The summed E-state index contributed by atoms with van der Waals surface area (Å²) >= 11 is 0. The second-order valence-electron chi connectivity index (χ2n) is 4.74. The van der Waals surface area contributed by atoms with Crippen molar-refractivity contribution in [3.8, 4) is 0 Å². The average Bonchev–Trinajstić information content (AvgIpc) is 2.39. The van der Waals surface area contributed by atoms with Crippen molar-refractivity contribution in [3.05, 3.63) is 0 Å². The predicted octanol–water partition coefficient (Wildman–Crippen LogP) is 1.88. The predicted molar refractivity (Wildman–Crippen MR) is 76.9 cm³/mol. The molecule has 0 aliphatic carbocycles. The van der Waals surface area contributed by atoms with E-state index in [4.69, 9.17) is 15.2 Å². The summed E-state index contributed by atoms with van der Waals surface area (Å²) in [7, 11) is 3.52. The molecule has 0 bridgehead atoms. The minimum absolute atomic E-state index is 0.820. The maximum absolute atomic E-state index is 5.48. The Morgan fingerprint density at radius 3 is 2.00 bits per heavy atom. The highest BCUT2D eigenvalue weighted by Gasteiger charge is 2.04. The van der Waals surface area contributed by atoms with Crippen LogP contribution in [0.4, 0.5) is 0 Å². The first-order chi connectivity index (χ1) is 8.85. The number of nitrogens with zero attached hydrogens (tertiary/aromatic N) is 1. The lowest BCUT2D eigenvalue weighted by Gasteiger charge is -2.21. The van der Waals surface area contributed by atoms with Crippen molar-refractivity contribution in [2.24, 2.45) is 5.73 Å². The summed E-state index contributed by atoms with van der Waals surface area (Å²) < 4.78 is 10.2. The Morgan fingerprint density at radius 2 is 1.33 bits per heavy atom. The highest BCUT2D eigenvalue weighted by molar-refractivity contribution is 4.58. The van der Waals surface area contributed by atoms with E-state index in [0.29, 0.717) is 0 Å². The van der Waals surface area contributed by atoms with E-state index in [2.05, 4.69) is 4.90 Å². The van der Waals surface area contributed by atoms with Gasteiger partial charge in [-0.05, 0) is 32.4 Å². The van der Waals surface area contributed by atoms with Crippen LogP contribution in [0.1, 0.15) is 38.5 Å². The van der Waals surface area contributed by atoms with Gasteiger partial charge in [-0.1, -0.05) is 19.3 Å². The van der Waals surface area contributed by atoms with Gasteiger partial charge in [-0.2, -0.15) is 0 Å². The van der Waals surface area contributed by atoms with Crippen molar-refractivity contribution < 1.29 is 9.47 Å². The number of hydrogen-bond acceptors (Lipinski definition) is 4. The van der Waals surface area contributed by atoms with Crippen molar-refractivity contribution in [2.45, 2.75) is 38.5 Å². The maximum atomic E-state index is 5.48. The molecule has 2 N–H and O–H groups in total. The zero-order chi connectivity index (χ0) is 13.5. The topological polar surface area (TPSA) is 47.7 Å². The minimum atomic E-state index is 0.820. The molecule has 0 fully saturated rings. The van der Waals surface area contributed by atoms with Crippen LogP contribution in [0.2, 0.25) is 0 Å². The number of ether oxygens (including phenoxy) is 2. The van der Waals surface area contributed by atoms with Gasteiger partial charge in [-0.3, -0.25) is 0 Å². The average molecular weight is 260 g/mol. The fourth-order valence-corrected chi connectivity index (χ4v) is 2.00. The fourth-order valence-electron chi connectivity index (χ4n) is 2.00. The number of rotatable bonds is 14. The second kappa shape index (κ2) is 14.9. The van der Waals surface area contributed by atoms with Gasteiger partial charge in [0.2, 0.25) is 0 Å². The molecular weight excluding hydrogens is 228 g/mol. The Morgan fingerprint density at radius 1 is 0.722 bits per heavy atom. The van der Waals surface area contributed by atoms with Gasteiger partial charge in [0.1, 0.15) is 0 Å². The molecule has 0 aliphatic rings. The largest absolute Gasteiger partial charge is 0.385 e. The van der Waals surface area contributed by atoms with E-state index in [9.17, 15) is 0 Å². The van der Waals surface area contributed by atoms with Crippen LogP contribution in [-0.4, -0.2) is 58.5 Å². The highest BCUT2D eigenvalue weighted by atomic mass is 16.5. The molecule has 4 heteroatoms. The zero-order valence-electron chi connectivity index (χ0n) is 12.3. The first-order valence-corrected chi connectivity index (χ1v) is 7.25. The maximum Gasteiger partial charge on any atom is 0.0589 e. The van der Waals surface area contributed by atoms with Crippen LogP contribution in [0.3, 0.4) is 0 Å². The van der Waals surface area contributed by atoms with Crippen molar-refractivity contribution >= 4 is 0 Å². The van der Waals surface area contributed by atoms with Crippen LogP contribution in [0.15, 0.2) is 0 Å². The molecule has 18 heavy (non-hydrogen) atoms. The molecule has 0 aliphatic heterocycles. The van der Waals surface area contributed by atoms with Crippen LogP contribution in [0, 0.1) is 0 Å². The summed E-state index contributed by atoms with van der Waals surface area (Å²) in [4.78, 5) is 2.48. The van der Waals surface area contributed by atoms with E-state index < -0.39 is 0 Å². The number of hydrogen-bond donors (Lipinski definition) is 1. The molecule has 0 aromatic heterocycles. The molecule has 0 saturated heterocycles. The van der Waals surface area contributed by atoms with E-state index in [1.54, 1.807) is 14.2 Å². The molecular formula is C14H32N2O2. The molecule has 0 unspecified atom stereocenters. The van der Waals surface area contributed by atoms with Crippen LogP contribution in [0.25, 0.3) is 0 Å². The van der Waals surface area contributed by atoms with Crippen molar-refractivity contribution in [2.75, 3.05) is 53.6 Å². The molecule has 0 radical (unpaired) electrons. The fraction of sp³-hybridized carbons (Fsp3) is 1.00. The quantitative estimate of drug-likeness (QED) is 0.484. The SMILES string of the molecule is COCCCN(CCCCCCCN)CCOC. The molecule has 0 heterocycles. The first kappa shape index (κ1) is 17.8. The molecule has 0 spiro atoms. The van der Waals surface area contributed by atoms with Crippen LogP contribution in [0.5, 0.6) is 0 Å². The van der Waals surface area contributed by atoms with E-state index >= 15 is 0 Å². The smallest absolute Gasteiger partial charge is 0.0589 e. The summed E-state index contributed by atoms with van der Waals surface area (Å²) in [6, 6.07) is 0. The molecule has 110 valence electrons. The molecule has 0 saturated carbocycles. The third-order valence-corrected chi connectivity index (χ3v) is 3.11. The molecule has 4 nitrogen and oxygen atoms in total. The Bertz CT molecular complexity index is 157. The summed E-state index contributed by atoms with van der Waals surface area (Å²) in [6.45, 7) is 5.82. The molecule has 0 atom stereocenters. The van der Waals surface area contributed by atoms with E-state index in [1.807, 2.05) is 0 Å². The lowest BCUT2D eigenvalue weighted by atomic mass is 10.1. The standard InChI is InChI=1S/C14H32N2O2/c1-17-13-8-11-16(12-14-18-2)10-7-5-3-4-6-9-15/h3-15H2,1-2H3. The van der Waals surface area contributed by atoms with Gasteiger partial charge in [0.05, 0.1) is 6.61 Å². The summed E-state index contributed by atoms with van der Waals surface area (Å²) in [5, 5.41) is 0. The lowest BCUT2D eigenvalue weighted by molar-refractivity contribution is 0.131. The highest BCUT2D eigenvalue weighted by Crippen LogP contribution is 2.04. The molecule has 0 aromatic carbocycles. The van der Waals surface area contributed by atoms with Gasteiger partial charge in [0, 0.05) is 33.9 Å². The van der Waals surface area contributed by atoms with Crippen molar-refractivity contribution in [3.63, 3.8) is 0 Å². The van der Waals surface area contributed by atoms with Gasteiger partial charge < -0.3 is 20.1 Å². The Kier molecular flexibility index (Phi) is 14.8. The van der Waals surface area contributed by atoms with E-state index in [1.165, 1.54) is 38.6 Å². The van der Waals surface area contributed by atoms with E-state index in [-0.39, 0.29) is 0 Å². The summed E-state index contributed by atoms with van der Waals surface area (Å²) in [5.74, 6) is 0. The molecule has 0 aromatic rings. The number of nitrogens with two attached hydrogens (primary N) is 1. The zero-order valence-corrected chi connectivity index (χ0v) is 12.3. The summed E-state index contributed by atoms with van der Waals surface area (Å²) in [6.07, 6.45) is 7.45. The van der Waals surface area contributed by atoms with Gasteiger partial charge in [0.25, 0.3) is 0 Å². The van der Waals surface area contributed by atoms with Gasteiger partial charge >= 0.3 is 0 Å². The van der Waals surface area contributed by atoms with Gasteiger partial charge in [-0.15, -0.1) is 0 Å². The van der Waals surface area contributed by atoms with Gasteiger partial charge in [0.15, 0.2) is 0 Å². The number of methoxy groups -OCH3 is 2. The summed E-state index contributed by atoms with van der Waals surface area (Å²) in [5.41, 5.74) is 5.48. The van der Waals surface area contributed by atoms with Gasteiger partial charge in [-0.25, -0.2) is 0 Å². The van der Waals surface area contributed by atoms with Crippen molar-refractivity contribution in [1.29, 1.82) is 0 Å². The Hall–Kier alpha value is -0.160. The third kappa shape index (κ3) is 12.3. The van der Waals surface area contributed by atoms with E-state index in [0.717, 1.165) is 39.3 Å². The minimum Gasteiger partial charge on any atom is -0.385 e. The number of unbranched alkanes of at least 4 members (excludes halogenated alkanes) is 4.